The number of halogens is 6. The predicted molar refractivity (Wildman–Crippen MR) is 59.9 cm³/mol. The second-order valence-electron chi connectivity index (χ2n) is 4.29. The van der Waals surface area contributed by atoms with Gasteiger partial charge in [0.15, 0.2) is 5.69 Å². The highest BCUT2D eigenvalue weighted by molar-refractivity contribution is 7.80. The molecule has 0 aromatic carbocycles. The van der Waals surface area contributed by atoms with Gasteiger partial charge < -0.3 is 0 Å². The third-order valence-corrected chi connectivity index (χ3v) is 3.17. The largest absolute Gasteiger partial charge is 0.435 e. The van der Waals surface area contributed by atoms with Crippen molar-refractivity contribution in [2.45, 2.75) is 25.7 Å². The van der Waals surface area contributed by atoms with Gasteiger partial charge >= 0.3 is 12.4 Å². The molecule has 1 atom stereocenters. The van der Waals surface area contributed by atoms with Crippen LogP contribution in [0.1, 0.15) is 23.9 Å². The van der Waals surface area contributed by atoms with Gasteiger partial charge in [-0.25, -0.2) is 0 Å². The molecule has 19 heavy (non-hydrogen) atoms. The van der Waals surface area contributed by atoms with E-state index in [1.165, 1.54) is 6.92 Å². The molecular weight excluding hydrogens is 294 g/mol. The van der Waals surface area contributed by atoms with Crippen LogP contribution in [0.15, 0.2) is 0 Å². The second-order valence-corrected chi connectivity index (χ2v) is 4.65. The quantitative estimate of drug-likeness (QED) is 0.668. The molecule has 9 heteroatoms. The van der Waals surface area contributed by atoms with Crippen LogP contribution in [0.25, 0.3) is 0 Å². The third-order valence-electron chi connectivity index (χ3n) is 2.55. The molecule has 0 bridgehead atoms. The Kier molecular flexibility index (Phi) is 4.48. The van der Waals surface area contributed by atoms with Gasteiger partial charge in [0.05, 0.1) is 0 Å². The summed E-state index contributed by atoms with van der Waals surface area (Å²) >= 11 is 3.88. The van der Waals surface area contributed by atoms with Crippen LogP contribution < -0.4 is 0 Å². The van der Waals surface area contributed by atoms with Crippen LogP contribution >= 0.6 is 12.6 Å². The van der Waals surface area contributed by atoms with Gasteiger partial charge in [0.25, 0.3) is 0 Å². The molecule has 0 fully saturated rings. The highest BCUT2D eigenvalue weighted by atomic mass is 32.1. The summed E-state index contributed by atoms with van der Waals surface area (Å²) in [6, 6.07) is 0. The third kappa shape index (κ3) is 3.58. The smallest absolute Gasteiger partial charge is 0.263 e. The van der Waals surface area contributed by atoms with Crippen LogP contribution in [0.2, 0.25) is 0 Å². The lowest BCUT2D eigenvalue weighted by Gasteiger charge is -2.14. The number of thiol groups is 1. The van der Waals surface area contributed by atoms with Crippen LogP contribution in [0, 0.1) is 5.92 Å². The Balaban J connectivity index is 3.43. The second kappa shape index (κ2) is 5.26. The van der Waals surface area contributed by atoms with Gasteiger partial charge in [-0.2, -0.15) is 44.1 Å². The molecule has 1 aromatic rings. The van der Waals surface area contributed by atoms with Gasteiger partial charge in [-0.1, -0.05) is 6.92 Å². The number of alkyl halides is 6. The summed E-state index contributed by atoms with van der Waals surface area (Å²) in [5.74, 6) is -0.238. The van der Waals surface area contributed by atoms with E-state index in [4.69, 9.17) is 0 Å². The van der Waals surface area contributed by atoms with Gasteiger partial charge in [0.1, 0.15) is 5.69 Å². The van der Waals surface area contributed by atoms with Crippen molar-refractivity contribution in [1.29, 1.82) is 0 Å². The maximum atomic E-state index is 12.8. The average Bonchev–Trinajstić information content (AvgIpc) is 2.54. The van der Waals surface area contributed by atoms with Crippen LogP contribution in [0.4, 0.5) is 26.3 Å². The van der Waals surface area contributed by atoms with E-state index in [0.717, 1.165) is 7.05 Å². The Morgan fingerprint density at radius 3 is 2.05 bits per heavy atom. The van der Waals surface area contributed by atoms with Gasteiger partial charge in [0, 0.05) is 12.6 Å². The van der Waals surface area contributed by atoms with Crippen molar-refractivity contribution < 1.29 is 26.3 Å². The molecule has 0 aliphatic rings. The molecule has 0 N–H and O–H groups in total. The van der Waals surface area contributed by atoms with E-state index in [-0.39, 0.29) is 16.9 Å². The van der Waals surface area contributed by atoms with Crippen molar-refractivity contribution in [2.75, 3.05) is 5.75 Å². The highest BCUT2D eigenvalue weighted by Crippen LogP contribution is 2.39. The maximum absolute atomic E-state index is 12.8. The molecule has 0 aliphatic carbocycles. The van der Waals surface area contributed by atoms with Crippen LogP contribution in [0.3, 0.4) is 0 Å². The summed E-state index contributed by atoms with van der Waals surface area (Å²) in [6.07, 6.45) is -10.2. The number of aryl methyl sites for hydroxylation is 1. The van der Waals surface area contributed by atoms with Gasteiger partial charge in [-0.05, 0) is 18.1 Å². The van der Waals surface area contributed by atoms with E-state index in [2.05, 4.69) is 17.7 Å². The summed E-state index contributed by atoms with van der Waals surface area (Å²) in [4.78, 5) is 0. The molecule has 0 aliphatic heterocycles. The summed E-state index contributed by atoms with van der Waals surface area (Å²) < 4.78 is 76.9. The first kappa shape index (κ1) is 16.2. The molecule has 2 nitrogen and oxygen atoms in total. The van der Waals surface area contributed by atoms with Gasteiger partial charge in [-0.3, -0.25) is 4.68 Å². The van der Waals surface area contributed by atoms with Crippen molar-refractivity contribution in [3.8, 4) is 0 Å². The zero-order valence-electron chi connectivity index (χ0n) is 10.1. The summed E-state index contributed by atoms with van der Waals surface area (Å²) in [5.41, 5.74) is -3.64. The van der Waals surface area contributed by atoms with E-state index < -0.39 is 35.2 Å². The fourth-order valence-electron chi connectivity index (χ4n) is 1.76. The minimum atomic E-state index is -4.91. The van der Waals surface area contributed by atoms with E-state index >= 15 is 0 Å². The van der Waals surface area contributed by atoms with Crippen molar-refractivity contribution >= 4 is 12.6 Å². The lowest BCUT2D eigenvalue weighted by Crippen LogP contribution is -2.17. The summed E-state index contributed by atoms with van der Waals surface area (Å²) in [5, 5.41) is 2.98. The number of hydrogen-bond donors (Lipinski definition) is 1. The Morgan fingerprint density at radius 1 is 1.16 bits per heavy atom. The molecule has 1 heterocycles. The van der Waals surface area contributed by atoms with Crippen LogP contribution in [0.5, 0.6) is 0 Å². The minimum Gasteiger partial charge on any atom is -0.263 e. The van der Waals surface area contributed by atoms with Crippen molar-refractivity contribution in [1.82, 2.24) is 9.78 Å². The summed E-state index contributed by atoms with van der Waals surface area (Å²) in [7, 11) is 0.854. The van der Waals surface area contributed by atoms with Crippen molar-refractivity contribution in [2.24, 2.45) is 13.0 Å². The molecule has 0 spiro atoms. The Bertz CT molecular complexity index is 448. The molecule has 0 amide bonds. The Labute approximate surface area is 111 Å². The van der Waals surface area contributed by atoms with Crippen LogP contribution in [-0.2, 0) is 25.8 Å². The fraction of sp³-hybridized carbons (Fsp3) is 0.700. The highest BCUT2D eigenvalue weighted by Gasteiger charge is 2.45. The molecule has 0 saturated carbocycles. The zero-order valence-corrected chi connectivity index (χ0v) is 11.0. The predicted octanol–water partition coefficient (Wildman–Crippen LogP) is 3.57. The fourth-order valence-corrected chi connectivity index (χ4v) is 1.89. The lowest BCUT2D eigenvalue weighted by molar-refractivity contribution is -0.145. The molecule has 0 saturated heterocycles. The zero-order chi connectivity index (χ0) is 15.0. The molecule has 1 unspecified atom stereocenters. The first-order valence-electron chi connectivity index (χ1n) is 5.29. The van der Waals surface area contributed by atoms with E-state index in [1.54, 1.807) is 0 Å². The first-order chi connectivity index (χ1) is 8.48. The lowest BCUT2D eigenvalue weighted by atomic mass is 10.00. The van der Waals surface area contributed by atoms with Crippen LogP contribution in [-0.4, -0.2) is 15.5 Å². The minimum absolute atomic E-state index is 0.184. The van der Waals surface area contributed by atoms with Gasteiger partial charge in [0.2, 0.25) is 0 Å². The first-order valence-corrected chi connectivity index (χ1v) is 5.92. The molecule has 110 valence electrons. The normalized spacial score (nSPS) is 14.8. The average molecular weight is 306 g/mol. The number of nitrogens with zero attached hydrogens (tertiary/aromatic N) is 2. The Morgan fingerprint density at radius 2 is 1.68 bits per heavy atom. The van der Waals surface area contributed by atoms with E-state index in [9.17, 15) is 26.3 Å². The standard InChI is InChI=1S/C10H12F6N2S/c1-5(4-19)3-6-7(9(11,12)13)17-18(2)8(6)10(14,15)16/h5,19H,3-4H2,1-2H3. The topological polar surface area (TPSA) is 17.8 Å². The molecule has 1 rings (SSSR count). The van der Waals surface area contributed by atoms with E-state index in [1.807, 2.05) is 0 Å². The monoisotopic (exact) mass is 306 g/mol. The Hall–Kier alpha value is -0.860. The number of hydrogen-bond acceptors (Lipinski definition) is 2. The number of rotatable bonds is 3. The molecular formula is C10H12F6N2S. The summed E-state index contributed by atoms with van der Waals surface area (Å²) in [6.45, 7) is 1.53. The SMILES string of the molecule is CC(CS)Cc1c(C(F)(F)F)nn(C)c1C(F)(F)F. The van der Waals surface area contributed by atoms with Crippen molar-refractivity contribution in [3.63, 3.8) is 0 Å². The van der Waals surface area contributed by atoms with Crippen molar-refractivity contribution in [3.05, 3.63) is 17.0 Å². The molecule has 0 radical (unpaired) electrons. The maximum Gasteiger partial charge on any atom is 0.435 e. The van der Waals surface area contributed by atoms with E-state index in [0.29, 0.717) is 0 Å². The molecule has 1 aromatic heterocycles. The number of aromatic nitrogens is 2. The van der Waals surface area contributed by atoms with Gasteiger partial charge in [-0.15, -0.1) is 0 Å².